The van der Waals surface area contributed by atoms with Crippen LogP contribution in [0.1, 0.15) is 12.5 Å². The zero-order valence-electron chi connectivity index (χ0n) is 12.8. The van der Waals surface area contributed by atoms with Gasteiger partial charge in [-0.05, 0) is 31.2 Å². The average Bonchev–Trinajstić information content (AvgIpc) is 2.50. The molecule has 4 nitrogen and oxygen atoms in total. The van der Waals surface area contributed by atoms with Gasteiger partial charge in [-0.2, -0.15) is 0 Å². The summed E-state index contributed by atoms with van der Waals surface area (Å²) in [5.74, 6) is 0.308. The summed E-state index contributed by atoms with van der Waals surface area (Å²) in [6, 6.07) is 13.8. The number of para-hydroxylation sites is 1. The van der Waals surface area contributed by atoms with E-state index in [0.717, 1.165) is 12.4 Å². The molecule has 0 atom stereocenters. The molecule has 1 aliphatic rings. The molecule has 120 valence electrons. The number of halogens is 1. The van der Waals surface area contributed by atoms with Gasteiger partial charge in [-0.3, -0.25) is 4.79 Å². The molecule has 0 aromatic heterocycles. The van der Waals surface area contributed by atoms with Crippen molar-refractivity contribution < 1.29 is 18.7 Å². The Balaban J connectivity index is 0.000000198. The van der Waals surface area contributed by atoms with Crippen LogP contribution in [0.2, 0.25) is 0 Å². The van der Waals surface area contributed by atoms with Crippen LogP contribution < -0.4 is 10.1 Å². The Morgan fingerprint density at radius 1 is 1.30 bits per heavy atom. The predicted molar refractivity (Wildman–Crippen MR) is 86.6 cm³/mol. The van der Waals surface area contributed by atoms with E-state index in [1.54, 1.807) is 6.07 Å². The number of rotatable bonds is 4. The molecule has 1 N–H and O–H groups in total. The smallest absolute Gasteiger partial charge is 0.251 e. The maximum absolute atomic E-state index is 12.7. The summed E-state index contributed by atoms with van der Waals surface area (Å²) in [7, 11) is 0. The fourth-order valence-electron chi connectivity index (χ4n) is 1.80. The first-order valence-electron chi connectivity index (χ1n) is 7.24. The van der Waals surface area contributed by atoms with Gasteiger partial charge in [0.05, 0.1) is 12.9 Å². The molecule has 0 radical (unpaired) electrons. The summed E-state index contributed by atoms with van der Waals surface area (Å²) in [5, 5.41) is 2.50. The summed E-state index contributed by atoms with van der Waals surface area (Å²) in [6.45, 7) is 3.12. The molecule has 3 rings (SSSR count). The van der Waals surface area contributed by atoms with Gasteiger partial charge in [0.2, 0.25) is 0 Å². The van der Waals surface area contributed by atoms with Gasteiger partial charge in [-0.1, -0.05) is 24.3 Å². The summed E-state index contributed by atoms with van der Waals surface area (Å²) in [6.07, 6.45) is 2.54. The number of anilines is 1. The summed E-state index contributed by atoms with van der Waals surface area (Å²) in [4.78, 5) is 11.2. The van der Waals surface area contributed by atoms with Gasteiger partial charge in [0.1, 0.15) is 18.2 Å². The van der Waals surface area contributed by atoms with Gasteiger partial charge < -0.3 is 14.8 Å². The first kappa shape index (κ1) is 16.5. The lowest BCUT2D eigenvalue weighted by atomic mass is 10.1. The zero-order chi connectivity index (χ0) is 16.5. The number of ether oxygens (including phenoxy) is 2. The van der Waals surface area contributed by atoms with Crippen LogP contribution in [0.4, 0.5) is 10.1 Å². The van der Waals surface area contributed by atoms with Crippen LogP contribution in [0, 0.1) is 5.82 Å². The van der Waals surface area contributed by atoms with E-state index >= 15 is 0 Å². The van der Waals surface area contributed by atoms with Gasteiger partial charge in [0.25, 0.3) is 5.91 Å². The van der Waals surface area contributed by atoms with E-state index in [-0.39, 0.29) is 11.7 Å². The topological polar surface area (TPSA) is 47.6 Å². The second-order valence-corrected chi connectivity index (χ2v) is 4.65. The van der Waals surface area contributed by atoms with E-state index < -0.39 is 0 Å². The third kappa shape index (κ3) is 5.47. The maximum Gasteiger partial charge on any atom is 0.251 e. The van der Waals surface area contributed by atoms with Crippen molar-refractivity contribution in [3.8, 4) is 5.75 Å². The van der Waals surface area contributed by atoms with Crippen molar-refractivity contribution in [3.05, 3.63) is 72.2 Å². The van der Waals surface area contributed by atoms with Crippen LogP contribution in [0.5, 0.6) is 5.75 Å². The second-order valence-electron chi connectivity index (χ2n) is 4.65. The van der Waals surface area contributed by atoms with E-state index in [2.05, 4.69) is 11.4 Å². The monoisotopic (exact) mass is 315 g/mol. The highest BCUT2D eigenvalue weighted by atomic mass is 19.1. The number of carbonyl (C=O) groups excluding carboxylic acids is 1. The lowest BCUT2D eigenvalue weighted by Gasteiger charge is -2.18. The van der Waals surface area contributed by atoms with Gasteiger partial charge in [-0.15, -0.1) is 0 Å². The molecule has 0 bridgehead atoms. The lowest BCUT2D eigenvalue weighted by Crippen LogP contribution is -2.08. The maximum atomic E-state index is 12.7. The molecule has 0 unspecified atom stereocenters. The van der Waals surface area contributed by atoms with Crippen LogP contribution in [-0.2, 0) is 16.1 Å². The minimum atomic E-state index is -0.387. The molecule has 23 heavy (non-hydrogen) atoms. The summed E-state index contributed by atoms with van der Waals surface area (Å²) in [5.41, 5.74) is 1.74. The first-order valence-corrected chi connectivity index (χ1v) is 7.24. The van der Waals surface area contributed by atoms with E-state index in [9.17, 15) is 9.18 Å². The SMILES string of the molecule is CCOC=CC(=O)Nc1cccc(F)c1.c1ccc2c(c1)CO2. The fourth-order valence-corrected chi connectivity index (χ4v) is 1.80. The summed E-state index contributed by atoms with van der Waals surface area (Å²) >= 11 is 0. The Labute approximate surface area is 134 Å². The highest BCUT2D eigenvalue weighted by Gasteiger charge is 2.10. The fraction of sp³-hybridized carbons (Fsp3) is 0.167. The molecule has 1 amide bonds. The Morgan fingerprint density at radius 2 is 2.13 bits per heavy atom. The quantitative estimate of drug-likeness (QED) is 0.688. The number of nitrogens with one attached hydrogen (secondary N) is 1. The largest absolute Gasteiger partial charge is 0.501 e. The van der Waals surface area contributed by atoms with Crippen molar-refractivity contribution >= 4 is 11.6 Å². The third-order valence-corrected chi connectivity index (χ3v) is 2.93. The number of benzene rings is 2. The molecule has 5 heteroatoms. The van der Waals surface area contributed by atoms with E-state index in [1.807, 2.05) is 25.1 Å². The van der Waals surface area contributed by atoms with Crippen molar-refractivity contribution in [2.45, 2.75) is 13.5 Å². The normalized spacial score (nSPS) is 11.4. The van der Waals surface area contributed by atoms with Crippen LogP contribution in [0.25, 0.3) is 0 Å². The number of hydrogen-bond donors (Lipinski definition) is 1. The minimum absolute atomic E-state index is 0.353. The van der Waals surface area contributed by atoms with E-state index in [0.29, 0.717) is 12.3 Å². The van der Waals surface area contributed by atoms with Crippen LogP contribution in [-0.4, -0.2) is 12.5 Å². The van der Waals surface area contributed by atoms with Gasteiger partial charge in [-0.25, -0.2) is 4.39 Å². The molecular weight excluding hydrogens is 297 g/mol. The lowest BCUT2D eigenvalue weighted by molar-refractivity contribution is -0.112. The molecule has 2 aromatic carbocycles. The molecule has 0 fully saturated rings. The number of hydrogen-bond acceptors (Lipinski definition) is 3. The van der Waals surface area contributed by atoms with Crippen molar-refractivity contribution in [1.29, 1.82) is 0 Å². The second kappa shape index (κ2) is 8.58. The Kier molecular flexibility index (Phi) is 6.17. The Morgan fingerprint density at radius 3 is 2.70 bits per heavy atom. The predicted octanol–water partition coefficient (Wildman–Crippen LogP) is 3.89. The standard InChI is InChI=1S/C11H12FNO2.C7H6O/c1-2-15-7-6-11(14)13-10-5-3-4-9(12)8-10;1-2-4-7-6(3-1)5-8-7/h3-8H,2H2,1H3,(H,13,14);1-4H,5H2. The van der Waals surface area contributed by atoms with Crippen LogP contribution >= 0.6 is 0 Å². The van der Waals surface area contributed by atoms with Gasteiger partial charge >= 0.3 is 0 Å². The molecular formula is C18H18FNO3. The van der Waals surface area contributed by atoms with E-state index in [1.165, 1.54) is 36.1 Å². The van der Waals surface area contributed by atoms with Crippen molar-refractivity contribution in [2.24, 2.45) is 0 Å². The van der Waals surface area contributed by atoms with Gasteiger partial charge in [0, 0.05) is 17.3 Å². The molecule has 0 spiro atoms. The van der Waals surface area contributed by atoms with Gasteiger partial charge in [0.15, 0.2) is 0 Å². The zero-order valence-corrected chi connectivity index (χ0v) is 12.8. The molecule has 1 heterocycles. The number of fused-ring (bicyclic) bond motifs is 1. The molecule has 0 saturated carbocycles. The number of carbonyl (C=O) groups is 1. The van der Waals surface area contributed by atoms with Crippen LogP contribution in [0.15, 0.2) is 60.9 Å². The minimum Gasteiger partial charge on any atom is -0.501 e. The summed E-state index contributed by atoms with van der Waals surface area (Å²) < 4.78 is 22.7. The molecule has 1 aliphatic heterocycles. The Bertz CT molecular complexity index is 662. The van der Waals surface area contributed by atoms with Crippen molar-refractivity contribution in [3.63, 3.8) is 0 Å². The molecule has 2 aromatic rings. The van der Waals surface area contributed by atoms with Crippen molar-refractivity contribution in [1.82, 2.24) is 0 Å². The Hall–Kier alpha value is -2.82. The molecule has 0 saturated heterocycles. The number of amides is 1. The van der Waals surface area contributed by atoms with E-state index in [4.69, 9.17) is 9.47 Å². The van der Waals surface area contributed by atoms with Crippen molar-refractivity contribution in [2.75, 3.05) is 11.9 Å². The molecule has 0 aliphatic carbocycles. The highest BCUT2D eigenvalue weighted by Crippen LogP contribution is 2.27. The average molecular weight is 315 g/mol. The van der Waals surface area contributed by atoms with Crippen LogP contribution in [0.3, 0.4) is 0 Å². The highest BCUT2D eigenvalue weighted by molar-refractivity contribution is 5.99. The third-order valence-electron chi connectivity index (χ3n) is 2.93. The first-order chi connectivity index (χ1) is 11.2.